The molecule has 0 radical (unpaired) electrons. The Kier molecular flexibility index (Phi) is 4.02. The molecule has 1 aromatic carbocycles. The molecular weight excluding hydrogens is 206 g/mol. The van der Waals surface area contributed by atoms with Crippen LogP contribution in [0, 0.1) is 0 Å². The fourth-order valence-electron chi connectivity index (χ4n) is 1.44. The van der Waals surface area contributed by atoms with Gasteiger partial charge in [-0.15, -0.1) is 0 Å². The van der Waals surface area contributed by atoms with Crippen LogP contribution in [-0.2, 0) is 9.59 Å². The summed E-state index contributed by atoms with van der Waals surface area (Å²) in [4.78, 5) is 21.9. The second-order valence-corrected chi connectivity index (χ2v) is 3.43. The first kappa shape index (κ1) is 12.2. The highest BCUT2D eigenvalue weighted by Gasteiger charge is 2.14. The largest absolute Gasteiger partial charge is 0.368 e. The number of hydrogen-bond donors (Lipinski definition) is 3. The van der Waals surface area contributed by atoms with Crippen molar-refractivity contribution in [2.75, 3.05) is 12.4 Å². The fourth-order valence-corrected chi connectivity index (χ4v) is 1.44. The molecule has 2 amide bonds. The van der Waals surface area contributed by atoms with Crippen molar-refractivity contribution < 1.29 is 9.59 Å². The maximum absolute atomic E-state index is 11.1. The number of rotatable bonds is 4. The Balaban J connectivity index is 2.85. The van der Waals surface area contributed by atoms with Crippen LogP contribution in [-0.4, -0.2) is 18.9 Å². The first-order valence-electron chi connectivity index (χ1n) is 4.88. The van der Waals surface area contributed by atoms with Gasteiger partial charge in [0.25, 0.3) is 0 Å². The van der Waals surface area contributed by atoms with Gasteiger partial charge in [-0.2, -0.15) is 0 Å². The number of amides is 2. The summed E-state index contributed by atoms with van der Waals surface area (Å²) < 4.78 is 0. The van der Waals surface area contributed by atoms with Gasteiger partial charge in [0.05, 0.1) is 0 Å². The quantitative estimate of drug-likeness (QED) is 0.687. The van der Waals surface area contributed by atoms with Gasteiger partial charge >= 0.3 is 0 Å². The minimum atomic E-state index is -0.508. The summed E-state index contributed by atoms with van der Waals surface area (Å²) in [5.41, 5.74) is 6.68. The molecule has 1 atom stereocenters. The summed E-state index contributed by atoms with van der Waals surface area (Å²) >= 11 is 0. The van der Waals surface area contributed by atoms with Crippen molar-refractivity contribution in [3.8, 4) is 0 Å². The number of nitrogens with one attached hydrogen (secondary N) is 2. The molecule has 1 rings (SSSR count). The molecular formula is C11H15N3O2. The van der Waals surface area contributed by atoms with E-state index in [0.717, 1.165) is 5.56 Å². The van der Waals surface area contributed by atoms with E-state index in [-0.39, 0.29) is 5.91 Å². The molecule has 1 unspecified atom stereocenters. The van der Waals surface area contributed by atoms with E-state index in [1.54, 1.807) is 31.3 Å². The second-order valence-electron chi connectivity index (χ2n) is 3.43. The average Bonchev–Trinajstić information content (AvgIpc) is 2.20. The number of primary amides is 1. The van der Waals surface area contributed by atoms with Crippen LogP contribution in [0.3, 0.4) is 0 Å². The second kappa shape index (κ2) is 5.27. The zero-order valence-corrected chi connectivity index (χ0v) is 9.28. The van der Waals surface area contributed by atoms with Crippen molar-refractivity contribution in [3.63, 3.8) is 0 Å². The maximum atomic E-state index is 11.1. The van der Waals surface area contributed by atoms with Crippen LogP contribution in [0.4, 0.5) is 5.69 Å². The van der Waals surface area contributed by atoms with Crippen molar-refractivity contribution in [1.82, 2.24) is 5.32 Å². The normalized spacial score (nSPS) is 11.9. The lowest BCUT2D eigenvalue weighted by Crippen LogP contribution is -2.31. The summed E-state index contributed by atoms with van der Waals surface area (Å²) in [6.07, 6.45) is 0. The molecule has 5 heteroatoms. The highest BCUT2D eigenvalue weighted by atomic mass is 16.1. The molecule has 0 bridgehead atoms. The summed E-state index contributed by atoms with van der Waals surface area (Å²) in [5.74, 6) is -0.567. The van der Waals surface area contributed by atoms with Gasteiger partial charge < -0.3 is 16.4 Å². The summed E-state index contributed by atoms with van der Waals surface area (Å²) in [6, 6.07) is 6.44. The highest BCUT2D eigenvalue weighted by Crippen LogP contribution is 2.15. The van der Waals surface area contributed by atoms with Gasteiger partial charge in [0.1, 0.15) is 6.04 Å². The summed E-state index contributed by atoms with van der Waals surface area (Å²) in [6.45, 7) is 1.44. The molecule has 0 heterocycles. The fraction of sp³-hybridized carbons (Fsp3) is 0.273. The third-order valence-corrected chi connectivity index (χ3v) is 2.14. The van der Waals surface area contributed by atoms with E-state index in [0.29, 0.717) is 5.69 Å². The molecule has 0 aliphatic carbocycles. The number of anilines is 1. The van der Waals surface area contributed by atoms with E-state index in [1.165, 1.54) is 6.92 Å². The van der Waals surface area contributed by atoms with Gasteiger partial charge in [-0.3, -0.25) is 9.59 Å². The first-order chi connectivity index (χ1) is 7.54. The van der Waals surface area contributed by atoms with Gasteiger partial charge in [0.15, 0.2) is 0 Å². The Morgan fingerprint density at radius 1 is 1.25 bits per heavy atom. The molecule has 0 saturated carbocycles. The monoisotopic (exact) mass is 221 g/mol. The Morgan fingerprint density at radius 3 is 2.19 bits per heavy atom. The smallest absolute Gasteiger partial charge is 0.239 e. The molecule has 86 valence electrons. The van der Waals surface area contributed by atoms with Gasteiger partial charge in [-0.1, -0.05) is 12.1 Å². The zero-order chi connectivity index (χ0) is 12.1. The number of carbonyl (C=O) groups excluding carboxylic acids is 2. The first-order valence-corrected chi connectivity index (χ1v) is 4.88. The molecule has 0 fully saturated rings. The van der Waals surface area contributed by atoms with E-state index in [4.69, 9.17) is 5.73 Å². The highest BCUT2D eigenvalue weighted by molar-refractivity contribution is 5.88. The van der Waals surface area contributed by atoms with Gasteiger partial charge in [0.2, 0.25) is 11.8 Å². The number of benzene rings is 1. The van der Waals surface area contributed by atoms with Crippen molar-refractivity contribution in [2.45, 2.75) is 13.0 Å². The average molecular weight is 221 g/mol. The topological polar surface area (TPSA) is 84.2 Å². The maximum Gasteiger partial charge on any atom is 0.239 e. The third-order valence-electron chi connectivity index (χ3n) is 2.14. The standard InChI is InChI=1S/C11H15N3O2/c1-7(15)14-9-5-3-8(4-6-9)10(13-2)11(12)16/h3-6,10,13H,1-2H3,(H2,12,16)(H,14,15). The van der Waals surface area contributed by atoms with E-state index >= 15 is 0 Å². The molecule has 1 aromatic rings. The van der Waals surface area contributed by atoms with E-state index in [2.05, 4.69) is 10.6 Å². The minimum absolute atomic E-state index is 0.132. The van der Waals surface area contributed by atoms with E-state index in [1.807, 2.05) is 0 Å². The Bertz CT molecular complexity index is 387. The SMILES string of the molecule is CNC(C(N)=O)c1ccc(NC(C)=O)cc1. The molecule has 0 aromatic heterocycles. The Hall–Kier alpha value is -1.88. The van der Waals surface area contributed by atoms with Crippen LogP contribution in [0.25, 0.3) is 0 Å². The summed E-state index contributed by atoms with van der Waals surface area (Å²) in [7, 11) is 1.66. The van der Waals surface area contributed by atoms with Crippen LogP contribution >= 0.6 is 0 Å². The van der Waals surface area contributed by atoms with Crippen molar-refractivity contribution in [2.24, 2.45) is 5.73 Å². The number of hydrogen-bond acceptors (Lipinski definition) is 3. The van der Waals surface area contributed by atoms with Crippen LogP contribution in [0.5, 0.6) is 0 Å². The predicted octanol–water partition coefficient (Wildman–Crippen LogP) is 0.391. The van der Waals surface area contributed by atoms with Crippen LogP contribution in [0.15, 0.2) is 24.3 Å². The van der Waals surface area contributed by atoms with Crippen LogP contribution < -0.4 is 16.4 Å². The van der Waals surface area contributed by atoms with Gasteiger partial charge in [-0.25, -0.2) is 0 Å². The lowest BCUT2D eigenvalue weighted by molar-refractivity contribution is -0.120. The molecule has 16 heavy (non-hydrogen) atoms. The Morgan fingerprint density at radius 2 is 1.81 bits per heavy atom. The number of carbonyl (C=O) groups is 2. The van der Waals surface area contributed by atoms with Crippen LogP contribution in [0.1, 0.15) is 18.5 Å². The van der Waals surface area contributed by atoms with Gasteiger partial charge in [-0.05, 0) is 24.7 Å². The number of nitrogens with two attached hydrogens (primary N) is 1. The molecule has 4 N–H and O–H groups in total. The molecule has 0 aliphatic heterocycles. The lowest BCUT2D eigenvalue weighted by atomic mass is 10.1. The van der Waals surface area contributed by atoms with Crippen molar-refractivity contribution in [1.29, 1.82) is 0 Å². The molecule has 5 nitrogen and oxygen atoms in total. The molecule has 0 saturated heterocycles. The number of likely N-dealkylation sites (N-methyl/N-ethyl adjacent to an activating group) is 1. The van der Waals surface area contributed by atoms with Crippen molar-refractivity contribution >= 4 is 17.5 Å². The van der Waals surface area contributed by atoms with Crippen LogP contribution in [0.2, 0.25) is 0 Å². The molecule has 0 aliphatic rings. The van der Waals surface area contributed by atoms with Gasteiger partial charge in [0, 0.05) is 12.6 Å². The summed E-state index contributed by atoms with van der Waals surface area (Å²) in [5, 5.41) is 5.46. The van der Waals surface area contributed by atoms with E-state index in [9.17, 15) is 9.59 Å². The third kappa shape index (κ3) is 3.06. The molecule has 0 spiro atoms. The van der Waals surface area contributed by atoms with E-state index < -0.39 is 11.9 Å². The minimum Gasteiger partial charge on any atom is -0.368 e. The predicted molar refractivity (Wildman–Crippen MR) is 61.7 cm³/mol. The lowest BCUT2D eigenvalue weighted by Gasteiger charge is -2.13. The Labute approximate surface area is 94.0 Å². The zero-order valence-electron chi connectivity index (χ0n) is 9.28. The van der Waals surface area contributed by atoms with Crippen molar-refractivity contribution in [3.05, 3.63) is 29.8 Å².